The number of anilines is 3. The first-order valence-corrected chi connectivity index (χ1v) is 11.9. The summed E-state index contributed by atoms with van der Waals surface area (Å²) in [7, 11) is 0. The molecule has 2 N–H and O–H groups in total. The zero-order valence-corrected chi connectivity index (χ0v) is 19.2. The Bertz CT molecular complexity index is 1450. The Morgan fingerprint density at radius 3 is 2.69 bits per heavy atom. The zero-order chi connectivity index (χ0) is 23.8. The van der Waals surface area contributed by atoms with Crippen LogP contribution in [0.25, 0.3) is 10.8 Å². The second-order valence-electron chi connectivity index (χ2n) is 8.93. The van der Waals surface area contributed by atoms with Crippen LogP contribution in [0, 0.1) is 0 Å². The van der Waals surface area contributed by atoms with E-state index in [1.165, 1.54) is 0 Å². The normalized spacial score (nSPS) is 17.4. The summed E-state index contributed by atoms with van der Waals surface area (Å²) in [6.45, 7) is 0.0529. The summed E-state index contributed by atoms with van der Waals surface area (Å²) in [4.78, 5) is 28.7. The Kier molecular flexibility index (Phi) is 5.34. The summed E-state index contributed by atoms with van der Waals surface area (Å²) in [6, 6.07) is 24.9. The first-order chi connectivity index (χ1) is 17.2. The number of fused-ring (bicyclic) bond motifs is 2. The molecule has 0 saturated carbocycles. The van der Waals surface area contributed by atoms with Crippen molar-refractivity contribution in [2.75, 3.05) is 22.1 Å². The van der Waals surface area contributed by atoms with E-state index in [1.807, 2.05) is 83.8 Å². The van der Waals surface area contributed by atoms with Crippen LogP contribution in [0.1, 0.15) is 31.1 Å². The van der Waals surface area contributed by atoms with Crippen LogP contribution in [0.3, 0.4) is 0 Å². The molecule has 1 aromatic heterocycles. The number of para-hydroxylation sites is 2. The molecule has 6 nitrogen and oxygen atoms in total. The molecule has 0 bridgehead atoms. The summed E-state index contributed by atoms with van der Waals surface area (Å²) in [5.74, 6) is 0.566. The molecule has 0 unspecified atom stereocenters. The third kappa shape index (κ3) is 3.87. The summed E-state index contributed by atoms with van der Waals surface area (Å²) in [6.07, 6.45) is 3.69. The number of benzene rings is 3. The summed E-state index contributed by atoms with van der Waals surface area (Å²) in [5.41, 5.74) is 4.08. The maximum atomic E-state index is 13.5. The van der Waals surface area contributed by atoms with E-state index >= 15 is 0 Å². The average Bonchev–Trinajstić information content (AvgIpc) is 3.36. The monoisotopic (exact) mass is 463 g/mol. The Morgan fingerprint density at radius 1 is 0.971 bits per heavy atom. The molecule has 1 atom stereocenters. The van der Waals surface area contributed by atoms with Crippen LogP contribution in [-0.2, 0) is 9.59 Å². The van der Waals surface area contributed by atoms with Crippen LogP contribution in [0.4, 0.5) is 17.1 Å². The third-order valence-electron chi connectivity index (χ3n) is 6.73. The van der Waals surface area contributed by atoms with Gasteiger partial charge in [0.1, 0.15) is 11.8 Å². The predicted octanol–water partition coefficient (Wildman–Crippen LogP) is 6.05. The van der Waals surface area contributed by atoms with Crippen molar-refractivity contribution in [3.63, 3.8) is 0 Å². The molecule has 35 heavy (non-hydrogen) atoms. The molecule has 6 heteroatoms. The van der Waals surface area contributed by atoms with Gasteiger partial charge in [-0.15, -0.1) is 0 Å². The number of rotatable bonds is 4. The molecule has 2 heterocycles. The van der Waals surface area contributed by atoms with Gasteiger partial charge in [0.05, 0.1) is 24.2 Å². The minimum Gasteiger partial charge on any atom is -0.467 e. The number of allylic oxidation sites excluding steroid dienone is 1. The van der Waals surface area contributed by atoms with Crippen LogP contribution < -0.4 is 15.5 Å². The molecular formula is C29H25N3O3. The maximum absolute atomic E-state index is 13.5. The number of furan rings is 1. The largest absolute Gasteiger partial charge is 0.467 e. The van der Waals surface area contributed by atoms with Crippen LogP contribution in [0.5, 0.6) is 0 Å². The van der Waals surface area contributed by atoms with Crippen LogP contribution >= 0.6 is 0 Å². The summed E-state index contributed by atoms with van der Waals surface area (Å²) in [5, 5.41) is 8.65. The minimum absolute atomic E-state index is 0.0529. The zero-order valence-electron chi connectivity index (χ0n) is 19.2. The van der Waals surface area contributed by atoms with Crippen molar-refractivity contribution in [3.8, 4) is 0 Å². The molecular weight excluding hydrogens is 438 g/mol. The topological polar surface area (TPSA) is 74.6 Å². The molecule has 3 aromatic carbocycles. The molecule has 1 aliphatic heterocycles. The lowest BCUT2D eigenvalue weighted by Crippen LogP contribution is -2.38. The predicted molar refractivity (Wildman–Crippen MR) is 137 cm³/mol. The van der Waals surface area contributed by atoms with E-state index in [-0.39, 0.29) is 18.2 Å². The van der Waals surface area contributed by atoms with Crippen molar-refractivity contribution >= 4 is 39.5 Å². The number of nitrogens with one attached hydrogen (secondary N) is 2. The van der Waals surface area contributed by atoms with E-state index < -0.39 is 6.04 Å². The minimum atomic E-state index is -0.498. The fourth-order valence-electron chi connectivity index (χ4n) is 5.20. The number of carbonyl (C=O) groups is 2. The molecule has 0 spiro atoms. The van der Waals surface area contributed by atoms with Crippen molar-refractivity contribution in [1.29, 1.82) is 0 Å². The highest BCUT2D eigenvalue weighted by atomic mass is 16.3. The number of amides is 1. The molecule has 6 rings (SSSR count). The van der Waals surface area contributed by atoms with E-state index in [1.54, 1.807) is 6.26 Å². The highest BCUT2D eigenvalue weighted by molar-refractivity contribution is 6.05. The van der Waals surface area contributed by atoms with Gasteiger partial charge in [0.15, 0.2) is 5.78 Å². The Balaban J connectivity index is 1.42. The Hall–Kier alpha value is -4.32. The number of carbonyl (C=O) groups excluding carboxylic acids is 2. The van der Waals surface area contributed by atoms with E-state index in [2.05, 4.69) is 10.6 Å². The van der Waals surface area contributed by atoms with Crippen molar-refractivity contribution < 1.29 is 14.0 Å². The highest BCUT2D eigenvalue weighted by Crippen LogP contribution is 2.44. The molecule has 0 saturated heterocycles. The molecule has 1 aliphatic carbocycles. The van der Waals surface area contributed by atoms with Crippen molar-refractivity contribution in [2.45, 2.75) is 25.3 Å². The van der Waals surface area contributed by atoms with Crippen molar-refractivity contribution in [2.24, 2.45) is 0 Å². The van der Waals surface area contributed by atoms with Gasteiger partial charge in [-0.1, -0.05) is 48.5 Å². The first kappa shape index (κ1) is 21.2. The van der Waals surface area contributed by atoms with E-state index in [0.717, 1.165) is 46.4 Å². The van der Waals surface area contributed by atoms with Gasteiger partial charge in [-0.25, -0.2) is 0 Å². The standard InChI is InChI=1S/C29H25N3O3/c33-25-15-6-13-23-28(25)29(26-16-7-17-35-26)32(24-14-4-3-11-22(24)30-23)18-27(34)31-21-12-5-9-19-8-1-2-10-20(19)21/h1-5,7-12,14,16-17,29-30H,6,13,15,18H2,(H,31,34)/t29-/m0/s1. The fourth-order valence-corrected chi connectivity index (χ4v) is 5.20. The number of Topliss-reactive ketones (excluding diaryl/α,β-unsaturated/α-hetero) is 1. The van der Waals surface area contributed by atoms with Crippen LogP contribution in [0.2, 0.25) is 0 Å². The van der Waals surface area contributed by atoms with Gasteiger partial charge in [0.2, 0.25) is 5.91 Å². The first-order valence-electron chi connectivity index (χ1n) is 11.9. The Morgan fingerprint density at radius 2 is 1.80 bits per heavy atom. The van der Waals surface area contributed by atoms with Gasteiger partial charge in [-0.2, -0.15) is 0 Å². The van der Waals surface area contributed by atoms with Crippen LogP contribution in [0.15, 0.2) is 101 Å². The average molecular weight is 464 g/mol. The number of hydrogen-bond donors (Lipinski definition) is 2. The summed E-state index contributed by atoms with van der Waals surface area (Å²) < 4.78 is 5.84. The second kappa shape index (κ2) is 8.80. The Labute approximate surface area is 203 Å². The number of nitrogens with zero attached hydrogens (tertiary/aromatic N) is 1. The maximum Gasteiger partial charge on any atom is 0.243 e. The molecule has 4 aromatic rings. The quantitative estimate of drug-likeness (QED) is 0.385. The van der Waals surface area contributed by atoms with Gasteiger partial charge < -0.3 is 20.0 Å². The van der Waals surface area contributed by atoms with Gasteiger partial charge in [0, 0.05) is 28.8 Å². The van der Waals surface area contributed by atoms with Crippen LogP contribution in [-0.4, -0.2) is 18.2 Å². The SMILES string of the molecule is O=C(CN1c2ccccc2NC2=C(C(=O)CCC2)[C@@H]1c1ccco1)Nc1cccc2ccccc12. The van der Waals surface area contributed by atoms with E-state index in [9.17, 15) is 9.59 Å². The second-order valence-corrected chi connectivity index (χ2v) is 8.93. The fraction of sp³-hybridized carbons (Fsp3) is 0.172. The van der Waals surface area contributed by atoms with E-state index in [0.29, 0.717) is 17.8 Å². The van der Waals surface area contributed by atoms with Gasteiger partial charge in [0.25, 0.3) is 0 Å². The molecule has 174 valence electrons. The molecule has 2 aliphatic rings. The van der Waals surface area contributed by atoms with Gasteiger partial charge in [-0.05, 0) is 48.6 Å². The van der Waals surface area contributed by atoms with Crippen molar-refractivity contribution in [1.82, 2.24) is 0 Å². The lowest BCUT2D eigenvalue weighted by Gasteiger charge is -2.33. The lowest BCUT2D eigenvalue weighted by molar-refractivity contribution is -0.117. The summed E-state index contributed by atoms with van der Waals surface area (Å²) >= 11 is 0. The highest BCUT2D eigenvalue weighted by Gasteiger charge is 2.38. The third-order valence-corrected chi connectivity index (χ3v) is 6.73. The lowest BCUT2D eigenvalue weighted by atomic mass is 9.88. The smallest absolute Gasteiger partial charge is 0.243 e. The van der Waals surface area contributed by atoms with Crippen molar-refractivity contribution in [3.05, 3.63) is 102 Å². The van der Waals surface area contributed by atoms with Gasteiger partial charge >= 0.3 is 0 Å². The molecule has 0 radical (unpaired) electrons. The molecule has 0 fully saturated rings. The number of ketones is 1. The number of hydrogen-bond acceptors (Lipinski definition) is 5. The van der Waals surface area contributed by atoms with E-state index in [4.69, 9.17) is 4.42 Å². The molecule has 1 amide bonds. The van der Waals surface area contributed by atoms with Gasteiger partial charge in [-0.3, -0.25) is 9.59 Å².